The standard InChI is InChI=1S/C28H21Cl2N3O/c29-21-11-5-4-10-19(21)26-20(16-31)28(32)33(23-13-7-6-12-22(23)30)24-14-18(15-25(34)27(24)26)17-8-2-1-3-9-17/h1-13,18,26H,14-15,32H2/t18-,26-/m0/s1. The van der Waals surface area contributed by atoms with Gasteiger partial charge in [-0.25, -0.2) is 0 Å². The number of hydrogen-bond donors (Lipinski definition) is 1. The van der Waals surface area contributed by atoms with Crippen LogP contribution >= 0.6 is 23.2 Å². The fourth-order valence-electron chi connectivity index (χ4n) is 5.02. The predicted octanol–water partition coefficient (Wildman–Crippen LogP) is 6.69. The quantitative estimate of drug-likeness (QED) is 0.448. The van der Waals surface area contributed by atoms with E-state index in [-0.39, 0.29) is 17.5 Å². The van der Waals surface area contributed by atoms with Gasteiger partial charge in [-0.15, -0.1) is 0 Å². The Morgan fingerprint density at radius 2 is 1.53 bits per heavy atom. The van der Waals surface area contributed by atoms with Crippen LogP contribution in [0.4, 0.5) is 5.69 Å². The van der Waals surface area contributed by atoms with Gasteiger partial charge in [0.25, 0.3) is 0 Å². The van der Waals surface area contributed by atoms with E-state index < -0.39 is 5.92 Å². The van der Waals surface area contributed by atoms with E-state index in [2.05, 4.69) is 6.07 Å². The largest absolute Gasteiger partial charge is 0.384 e. The molecule has 6 heteroatoms. The van der Waals surface area contributed by atoms with E-state index in [1.165, 1.54) is 0 Å². The molecular formula is C28H21Cl2N3O. The summed E-state index contributed by atoms with van der Waals surface area (Å²) in [6.07, 6.45) is 0.926. The van der Waals surface area contributed by atoms with Gasteiger partial charge in [-0.2, -0.15) is 5.26 Å². The van der Waals surface area contributed by atoms with Crippen LogP contribution in [0.1, 0.15) is 35.8 Å². The summed E-state index contributed by atoms with van der Waals surface area (Å²) in [7, 11) is 0. The number of benzene rings is 3. The number of nitriles is 1. The summed E-state index contributed by atoms with van der Waals surface area (Å²) in [5.74, 6) is -0.393. The lowest BCUT2D eigenvalue weighted by molar-refractivity contribution is -0.116. The van der Waals surface area contributed by atoms with Crippen molar-refractivity contribution in [1.82, 2.24) is 0 Å². The molecular weight excluding hydrogens is 465 g/mol. The second kappa shape index (κ2) is 9.02. The van der Waals surface area contributed by atoms with Gasteiger partial charge in [-0.05, 0) is 41.7 Å². The van der Waals surface area contributed by atoms with Gasteiger partial charge in [0.15, 0.2) is 5.78 Å². The Morgan fingerprint density at radius 3 is 2.21 bits per heavy atom. The minimum atomic E-state index is -0.628. The van der Waals surface area contributed by atoms with E-state index in [1.807, 2.05) is 66.7 Å². The number of nitrogens with two attached hydrogens (primary N) is 1. The molecule has 0 unspecified atom stereocenters. The van der Waals surface area contributed by atoms with Gasteiger partial charge in [0.1, 0.15) is 5.82 Å². The molecule has 0 spiro atoms. The summed E-state index contributed by atoms with van der Waals surface area (Å²) in [5.41, 5.74) is 10.7. The first-order valence-corrected chi connectivity index (χ1v) is 11.8. The summed E-state index contributed by atoms with van der Waals surface area (Å²) < 4.78 is 0. The maximum Gasteiger partial charge on any atom is 0.162 e. The number of hydrogen-bond acceptors (Lipinski definition) is 4. The van der Waals surface area contributed by atoms with E-state index >= 15 is 0 Å². The second-order valence-corrected chi connectivity index (χ2v) is 9.27. The van der Waals surface area contributed by atoms with Crippen molar-refractivity contribution < 1.29 is 4.79 Å². The Bertz CT molecular complexity index is 1390. The van der Waals surface area contributed by atoms with Gasteiger partial charge in [-0.3, -0.25) is 9.69 Å². The number of nitrogens with zero attached hydrogens (tertiary/aromatic N) is 2. The molecule has 0 fully saturated rings. The van der Waals surface area contributed by atoms with Crippen molar-refractivity contribution in [3.63, 3.8) is 0 Å². The van der Waals surface area contributed by atoms with Crippen molar-refractivity contribution in [2.75, 3.05) is 4.90 Å². The molecule has 1 aliphatic carbocycles. The highest BCUT2D eigenvalue weighted by atomic mass is 35.5. The smallest absolute Gasteiger partial charge is 0.162 e. The molecule has 0 saturated carbocycles. The topological polar surface area (TPSA) is 70.1 Å². The van der Waals surface area contributed by atoms with Crippen LogP contribution in [0.3, 0.4) is 0 Å². The number of allylic oxidation sites excluding steroid dienone is 3. The van der Waals surface area contributed by atoms with E-state index in [0.29, 0.717) is 45.3 Å². The zero-order chi connectivity index (χ0) is 23.8. The van der Waals surface area contributed by atoms with E-state index in [1.54, 1.807) is 17.0 Å². The Morgan fingerprint density at radius 1 is 0.882 bits per heavy atom. The number of anilines is 1. The van der Waals surface area contributed by atoms with Crippen LogP contribution in [0.25, 0.3) is 0 Å². The number of halogens is 2. The molecule has 0 amide bonds. The average molecular weight is 486 g/mol. The van der Waals surface area contributed by atoms with Crippen LogP contribution in [0.15, 0.2) is 102 Å². The first-order chi connectivity index (χ1) is 16.5. The molecule has 2 atom stereocenters. The van der Waals surface area contributed by atoms with Crippen molar-refractivity contribution in [2.45, 2.75) is 24.7 Å². The Labute approximate surface area is 208 Å². The van der Waals surface area contributed by atoms with Crippen LogP contribution < -0.4 is 10.6 Å². The average Bonchev–Trinajstić information content (AvgIpc) is 2.85. The molecule has 0 saturated heterocycles. The van der Waals surface area contributed by atoms with Crippen molar-refractivity contribution in [2.24, 2.45) is 5.73 Å². The summed E-state index contributed by atoms with van der Waals surface area (Å²) in [6, 6.07) is 26.9. The number of Topliss-reactive ketones (excluding diaryl/α,β-unsaturated/α-hetero) is 1. The van der Waals surface area contributed by atoms with Crippen LogP contribution in [0.5, 0.6) is 0 Å². The molecule has 1 heterocycles. The zero-order valence-corrected chi connectivity index (χ0v) is 19.7. The summed E-state index contributed by atoms with van der Waals surface area (Å²) in [5, 5.41) is 11.2. The van der Waals surface area contributed by atoms with Crippen LogP contribution in [0, 0.1) is 11.3 Å². The third kappa shape index (κ3) is 3.68. The van der Waals surface area contributed by atoms with E-state index in [4.69, 9.17) is 28.9 Å². The molecule has 0 bridgehead atoms. The third-order valence-corrected chi connectivity index (χ3v) is 7.21. The zero-order valence-electron chi connectivity index (χ0n) is 18.2. The highest BCUT2D eigenvalue weighted by Gasteiger charge is 2.43. The van der Waals surface area contributed by atoms with Crippen LogP contribution in [0.2, 0.25) is 10.0 Å². The van der Waals surface area contributed by atoms with Gasteiger partial charge in [-0.1, -0.05) is 83.9 Å². The Balaban J connectivity index is 1.76. The van der Waals surface area contributed by atoms with Crippen molar-refractivity contribution in [3.8, 4) is 6.07 Å². The number of carbonyl (C=O) groups is 1. The van der Waals surface area contributed by atoms with Gasteiger partial charge in [0, 0.05) is 22.7 Å². The maximum atomic E-state index is 13.8. The van der Waals surface area contributed by atoms with Crippen molar-refractivity contribution in [1.29, 1.82) is 5.26 Å². The SMILES string of the molecule is N#CC1=C(N)N(c2ccccc2Cl)C2=C(C(=O)C[C@@H](c3ccccc3)C2)[C@H]1c1ccccc1Cl. The lowest BCUT2D eigenvalue weighted by atomic mass is 9.72. The second-order valence-electron chi connectivity index (χ2n) is 8.45. The number of rotatable bonds is 3. The summed E-state index contributed by atoms with van der Waals surface area (Å²) in [4.78, 5) is 15.6. The van der Waals surface area contributed by atoms with E-state index in [9.17, 15) is 10.1 Å². The molecule has 0 aromatic heterocycles. The number of ketones is 1. The fraction of sp³-hybridized carbons (Fsp3) is 0.143. The molecule has 0 radical (unpaired) electrons. The van der Waals surface area contributed by atoms with Gasteiger partial charge >= 0.3 is 0 Å². The highest BCUT2D eigenvalue weighted by molar-refractivity contribution is 6.33. The molecule has 1 aliphatic heterocycles. The molecule has 4 nitrogen and oxygen atoms in total. The van der Waals surface area contributed by atoms with Gasteiger partial charge < -0.3 is 5.73 Å². The highest BCUT2D eigenvalue weighted by Crippen LogP contribution is 2.50. The molecule has 5 rings (SSSR count). The van der Waals surface area contributed by atoms with Gasteiger partial charge in [0.2, 0.25) is 0 Å². The first-order valence-electron chi connectivity index (χ1n) is 11.0. The van der Waals surface area contributed by atoms with Crippen molar-refractivity contribution >= 4 is 34.7 Å². The minimum Gasteiger partial charge on any atom is -0.384 e. The van der Waals surface area contributed by atoms with Crippen LogP contribution in [-0.4, -0.2) is 5.78 Å². The lowest BCUT2D eigenvalue weighted by Gasteiger charge is -2.42. The summed E-state index contributed by atoms with van der Waals surface area (Å²) in [6.45, 7) is 0. The summed E-state index contributed by atoms with van der Waals surface area (Å²) >= 11 is 13.2. The molecule has 168 valence electrons. The monoisotopic (exact) mass is 485 g/mol. The molecule has 3 aromatic carbocycles. The molecule has 34 heavy (non-hydrogen) atoms. The Kier molecular flexibility index (Phi) is 5.91. The van der Waals surface area contributed by atoms with Crippen LogP contribution in [-0.2, 0) is 4.79 Å². The van der Waals surface area contributed by atoms with E-state index in [0.717, 1.165) is 11.3 Å². The first kappa shape index (κ1) is 22.3. The normalized spacial score (nSPS) is 20.3. The molecule has 3 aromatic rings. The van der Waals surface area contributed by atoms with Gasteiger partial charge in [0.05, 0.1) is 28.3 Å². The maximum absolute atomic E-state index is 13.8. The fourth-order valence-corrected chi connectivity index (χ4v) is 5.48. The number of para-hydroxylation sites is 1. The molecule has 2 aliphatic rings. The van der Waals surface area contributed by atoms with Crippen molar-refractivity contribution in [3.05, 3.63) is 123 Å². The predicted molar refractivity (Wildman–Crippen MR) is 135 cm³/mol. The minimum absolute atomic E-state index is 0.0132. The number of carbonyl (C=O) groups excluding carboxylic acids is 1. The Hall–Kier alpha value is -3.52. The third-order valence-electron chi connectivity index (χ3n) is 6.55. The lowest BCUT2D eigenvalue weighted by Crippen LogP contribution is -2.40. The molecule has 2 N–H and O–H groups in total.